The van der Waals surface area contributed by atoms with Crippen LogP contribution in [-0.4, -0.2) is 39.8 Å². The third-order valence-corrected chi connectivity index (χ3v) is 4.59. The first-order valence-corrected chi connectivity index (χ1v) is 9.01. The van der Waals surface area contributed by atoms with E-state index in [0.717, 1.165) is 12.7 Å². The summed E-state index contributed by atoms with van der Waals surface area (Å²) in [5.74, 6) is 0.337. The predicted molar refractivity (Wildman–Crippen MR) is 87.7 cm³/mol. The van der Waals surface area contributed by atoms with Gasteiger partial charge >= 0.3 is 0 Å². The lowest BCUT2D eigenvalue weighted by molar-refractivity contribution is -0.127. The van der Waals surface area contributed by atoms with E-state index in [0.29, 0.717) is 11.4 Å². The fourth-order valence-electron chi connectivity index (χ4n) is 1.65. The van der Waals surface area contributed by atoms with Crippen LogP contribution < -0.4 is 14.4 Å². The summed E-state index contributed by atoms with van der Waals surface area (Å²) in [6, 6.07) is 6.66. The Balaban J connectivity index is 2.70. The van der Waals surface area contributed by atoms with Crippen molar-refractivity contribution in [2.75, 3.05) is 17.6 Å². The van der Waals surface area contributed by atoms with Gasteiger partial charge in [-0.2, -0.15) is 0 Å². The number of nitrogens with one attached hydrogen (secondary N) is 1. The lowest BCUT2D eigenvalue weighted by Crippen LogP contribution is -2.40. The van der Waals surface area contributed by atoms with Crippen LogP contribution in [0.4, 0.5) is 5.69 Å². The maximum atomic E-state index is 11.9. The molecule has 0 aliphatic carbocycles. The fraction of sp³-hybridized carbons (Fsp3) is 0.533. The molecule has 1 aromatic carbocycles. The van der Waals surface area contributed by atoms with Crippen LogP contribution in [0.25, 0.3) is 0 Å². The minimum absolute atomic E-state index is 0.101. The van der Waals surface area contributed by atoms with Crippen LogP contribution in [0.3, 0.4) is 0 Å². The van der Waals surface area contributed by atoms with E-state index in [4.69, 9.17) is 4.74 Å². The minimum atomic E-state index is -3.29. The molecule has 1 rings (SSSR count). The van der Waals surface area contributed by atoms with Crippen LogP contribution in [0, 0.1) is 0 Å². The highest BCUT2D eigenvalue weighted by Gasteiger charge is 2.17. The number of anilines is 1. The average molecular weight is 328 g/mol. The molecule has 0 bridgehead atoms. The Morgan fingerprint density at radius 2 is 1.82 bits per heavy atom. The number of hydrogen-bond acceptors (Lipinski definition) is 4. The van der Waals surface area contributed by atoms with Crippen LogP contribution in [0.5, 0.6) is 5.75 Å². The molecule has 0 aromatic heterocycles. The van der Waals surface area contributed by atoms with Gasteiger partial charge in [0.2, 0.25) is 10.0 Å². The first-order valence-electron chi connectivity index (χ1n) is 7.16. The number of benzene rings is 1. The second kappa shape index (κ2) is 7.49. The Kier molecular flexibility index (Phi) is 6.22. The van der Waals surface area contributed by atoms with E-state index < -0.39 is 16.1 Å². The van der Waals surface area contributed by atoms with Crippen molar-refractivity contribution in [3.8, 4) is 5.75 Å². The van der Waals surface area contributed by atoms with E-state index in [9.17, 15) is 13.2 Å². The van der Waals surface area contributed by atoms with E-state index >= 15 is 0 Å². The Morgan fingerprint density at radius 3 is 2.27 bits per heavy atom. The van der Waals surface area contributed by atoms with E-state index in [1.807, 2.05) is 13.8 Å². The lowest BCUT2D eigenvalue weighted by Gasteiger charge is -2.19. The molecule has 22 heavy (non-hydrogen) atoms. The Bertz CT molecular complexity index is 598. The van der Waals surface area contributed by atoms with Gasteiger partial charge in [0.1, 0.15) is 5.75 Å². The number of carbonyl (C=O) groups is 1. The maximum absolute atomic E-state index is 11.9. The molecular formula is C15H24N2O4S. The molecule has 0 heterocycles. The van der Waals surface area contributed by atoms with Crippen molar-refractivity contribution in [2.24, 2.45) is 0 Å². The van der Waals surface area contributed by atoms with Crippen molar-refractivity contribution in [3.63, 3.8) is 0 Å². The van der Waals surface area contributed by atoms with Crippen LogP contribution >= 0.6 is 0 Å². The number of nitrogens with zero attached hydrogens (tertiary/aromatic N) is 1. The molecule has 0 aliphatic rings. The Hall–Kier alpha value is -1.76. The van der Waals surface area contributed by atoms with Gasteiger partial charge in [-0.3, -0.25) is 9.10 Å². The zero-order valence-electron chi connectivity index (χ0n) is 13.7. The van der Waals surface area contributed by atoms with Crippen molar-refractivity contribution in [2.45, 2.75) is 39.3 Å². The summed E-state index contributed by atoms with van der Waals surface area (Å²) in [4.78, 5) is 11.9. The molecule has 1 amide bonds. The quantitative estimate of drug-likeness (QED) is 0.827. The first kappa shape index (κ1) is 18.3. The van der Waals surface area contributed by atoms with Gasteiger partial charge in [-0.25, -0.2) is 8.42 Å². The summed E-state index contributed by atoms with van der Waals surface area (Å²) in [6.45, 7) is 5.60. The van der Waals surface area contributed by atoms with E-state index in [1.165, 1.54) is 11.4 Å². The summed E-state index contributed by atoms with van der Waals surface area (Å²) in [6.07, 6.45) is 1.37. The molecule has 7 heteroatoms. The van der Waals surface area contributed by atoms with Crippen molar-refractivity contribution >= 4 is 21.6 Å². The number of rotatable bonds is 7. The second-order valence-corrected chi connectivity index (χ2v) is 7.32. The molecule has 0 radical (unpaired) electrons. The number of sulfonamides is 1. The average Bonchev–Trinajstić information content (AvgIpc) is 2.46. The second-order valence-electron chi connectivity index (χ2n) is 5.30. The molecule has 1 aromatic rings. The molecule has 2 atom stereocenters. The molecule has 0 aliphatic heterocycles. The predicted octanol–water partition coefficient (Wildman–Crippen LogP) is 1.76. The zero-order chi connectivity index (χ0) is 16.9. The molecule has 0 fully saturated rings. The summed E-state index contributed by atoms with van der Waals surface area (Å²) in [7, 11) is -1.81. The van der Waals surface area contributed by atoms with Gasteiger partial charge in [0.15, 0.2) is 6.10 Å². The van der Waals surface area contributed by atoms with Gasteiger partial charge in [-0.1, -0.05) is 6.92 Å². The molecule has 2 unspecified atom stereocenters. The highest BCUT2D eigenvalue weighted by Crippen LogP contribution is 2.21. The maximum Gasteiger partial charge on any atom is 0.260 e. The fourth-order valence-corrected chi connectivity index (χ4v) is 2.15. The molecule has 0 saturated heterocycles. The third-order valence-electron chi connectivity index (χ3n) is 3.38. The van der Waals surface area contributed by atoms with Crippen molar-refractivity contribution < 1.29 is 17.9 Å². The van der Waals surface area contributed by atoms with Gasteiger partial charge in [0.25, 0.3) is 5.91 Å². The number of amides is 1. The number of hydrogen-bond donors (Lipinski definition) is 1. The third kappa shape index (κ3) is 5.22. The van der Waals surface area contributed by atoms with E-state index in [2.05, 4.69) is 5.32 Å². The molecular weight excluding hydrogens is 304 g/mol. The van der Waals surface area contributed by atoms with Gasteiger partial charge in [0.05, 0.1) is 11.9 Å². The monoisotopic (exact) mass is 328 g/mol. The van der Waals surface area contributed by atoms with Gasteiger partial charge < -0.3 is 10.1 Å². The van der Waals surface area contributed by atoms with E-state index in [1.54, 1.807) is 31.2 Å². The van der Waals surface area contributed by atoms with E-state index in [-0.39, 0.29) is 11.9 Å². The number of ether oxygens (including phenoxy) is 1. The lowest BCUT2D eigenvalue weighted by atomic mass is 10.2. The van der Waals surface area contributed by atoms with Gasteiger partial charge in [-0.15, -0.1) is 0 Å². The summed E-state index contributed by atoms with van der Waals surface area (Å²) in [5.41, 5.74) is 0.534. The van der Waals surface area contributed by atoms with Gasteiger partial charge in [-0.05, 0) is 44.5 Å². The molecule has 6 nitrogen and oxygen atoms in total. The van der Waals surface area contributed by atoms with Crippen molar-refractivity contribution in [3.05, 3.63) is 24.3 Å². The van der Waals surface area contributed by atoms with Crippen LogP contribution in [0.1, 0.15) is 27.2 Å². The molecule has 1 N–H and O–H groups in total. The minimum Gasteiger partial charge on any atom is -0.481 e. The SMILES string of the molecule is CCC(C)NC(=O)C(C)Oc1ccc(N(C)S(C)(=O)=O)cc1. The van der Waals surface area contributed by atoms with Gasteiger partial charge in [0, 0.05) is 13.1 Å². The Morgan fingerprint density at radius 1 is 1.27 bits per heavy atom. The van der Waals surface area contributed by atoms with Crippen molar-refractivity contribution in [1.29, 1.82) is 0 Å². The zero-order valence-corrected chi connectivity index (χ0v) is 14.5. The Labute approximate surface area is 132 Å². The highest BCUT2D eigenvalue weighted by molar-refractivity contribution is 7.92. The highest BCUT2D eigenvalue weighted by atomic mass is 32.2. The summed E-state index contributed by atoms with van der Waals surface area (Å²) >= 11 is 0. The summed E-state index contributed by atoms with van der Waals surface area (Å²) < 4.78 is 29.7. The normalized spacial score (nSPS) is 14.0. The van der Waals surface area contributed by atoms with Crippen molar-refractivity contribution in [1.82, 2.24) is 5.32 Å². The largest absolute Gasteiger partial charge is 0.481 e. The molecule has 0 saturated carbocycles. The van der Waals surface area contributed by atoms with Crippen LogP contribution in [0.2, 0.25) is 0 Å². The summed E-state index contributed by atoms with van der Waals surface area (Å²) in [5, 5.41) is 2.85. The van der Waals surface area contributed by atoms with Crippen LogP contribution in [0.15, 0.2) is 24.3 Å². The molecule has 0 spiro atoms. The number of carbonyl (C=O) groups excluding carboxylic acids is 1. The van der Waals surface area contributed by atoms with Crippen LogP contribution in [-0.2, 0) is 14.8 Å². The molecule has 124 valence electrons. The smallest absolute Gasteiger partial charge is 0.260 e. The first-order chi connectivity index (χ1) is 10.1. The standard InChI is InChI=1S/C15H24N2O4S/c1-6-11(2)16-15(18)12(3)21-14-9-7-13(8-10-14)17(4)22(5,19)20/h7-12H,6H2,1-5H3,(H,16,18). The topological polar surface area (TPSA) is 75.7 Å².